The fourth-order valence-corrected chi connectivity index (χ4v) is 2.61. The van der Waals surface area contributed by atoms with Crippen molar-refractivity contribution in [1.82, 2.24) is 10.2 Å². The van der Waals surface area contributed by atoms with E-state index in [4.69, 9.17) is 0 Å². The van der Waals surface area contributed by atoms with E-state index in [1.807, 2.05) is 44.2 Å². The van der Waals surface area contributed by atoms with E-state index in [2.05, 4.69) is 21.2 Å². The SMILES string of the molecule is CCN(CC)C(=O)/C(=C\c1ccccc1)NC(=O)c1ccc(Br)cc1. The average molecular weight is 401 g/mol. The molecule has 2 aromatic carbocycles. The predicted molar refractivity (Wildman–Crippen MR) is 104 cm³/mol. The van der Waals surface area contributed by atoms with E-state index >= 15 is 0 Å². The Morgan fingerprint density at radius 2 is 1.60 bits per heavy atom. The third-order valence-corrected chi connectivity index (χ3v) is 4.27. The van der Waals surface area contributed by atoms with Crippen LogP contribution in [0, 0.1) is 0 Å². The first-order valence-corrected chi connectivity index (χ1v) is 8.97. The maximum absolute atomic E-state index is 12.8. The van der Waals surface area contributed by atoms with Crippen LogP contribution in [0.25, 0.3) is 6.08 Å². The molecule has 0 bridgehead atoms. The molecule has 130 valence electrons. The Balaban J connectivity index is 2.31. The van der Waals surface area contributed by atoms with E-state index in [9.17, 15) is 9.59 Å². The lowest BCUT2D eigenvalue weighted by Gasteiger charge is -2.21. The average Bonchev–Trinajstić information content (AvgIpc) is 2.63. The fourth-order valence-electron chi connectivity index (χ4n) is 2.34. The Morgan fingerprint density at radius 1 is 1.00 bits per heavy atom. The molecule has 0 aliphatic rings. The van der Waals surface area contributed by atoms with Gasteiger partial charge in [-0.25, -0.2) is 0 Å². The molecule has 1 N–H and O–H groups in total. The van der Waals surface area contributed by atoms with Crippen molar-refractivity contribution in [3.63, 3.8) is 0 Å². The molecule has 0 saturated heterocycles. The van der Waals surface area contributed by atoms with Gasteiger partial charge < -0.3 is 10.2 Å². The Kier molecular flexibility index (Phi) is 6.95. The van der Waals surface area contributed by atoms with Crippen molar-refractivity contribution in [3.8, 4) is 0 Å². The van der Waals surface area contributed by atoms with Crippen molar-refractivity contribution in [1.29, 1.82) is 0 Å². The summed E-state index contributed by atoms with van der Waals surface area (Å²) in [6.45, 7) is 4.99. The van der Waals surface area contributed by atoms with E-state index in [1.54, 1.807) is 35.2 Å². The van der Waals surface area contributed by atoms with Crippen LogP contribution in [-0.4, -0.2) is 29.8 Å². The van der Waals surface area contributed by atoms with E-state index in [0.717, 1.165) is 10.0 Å². The zero-order valence-corrected chi connectivity index (χ0v) is 15.9. The van der Waals surface area contributed by atoms with E-state index < -0.39 is 0 Å². The summed E-state index contributed by atoms with van der Waals surface area (Å²) < 4.78 is 0.892. The molecule has 0 spiro atoms. The molecule has 0 saturated carbocycles. The van der Waals surface area contributed by atoms with Gasteiger partial charge in [-0.15, -0.1) is 0 Å². The molecule has 0 aliphatic heterocycles. The predicted octanol–water partition coefficient (Wildman–Crippen LogP) is 4.09. The molecule has 4 nitrogen and oxygen atoms in total. The number of rotatable bonds is 6. The van der Waals surface area contributed by atoms with Gasteiger partial charge in [0.25, 0.3) is 11.8 Å². The van der Waals surface area contributed by atoms with E-state index in [-0.39, 0.29) is 17.5 Å². The summed E-state index contributed by atoms with van der Waals surface area (Å²) >= 11 is 3.35. The Hall–Kier alpha value is -2.40. The van der Waals surface area contributed by atoms with Gasteiger partial charge >= 0.3 is 0 Å². The number of hydrogen-bond donors (Lipinski definition) is 1. The quantitative estimate of drug-likeness (QED) is 0.742. The molecule has 0 aromatic heterocycles. The van der Waals surface area contributed by atoms with Crippen molar-refractivity contribution in [3.05, 3.63) is 75.9 Å². The van der Waals surface area contributed by atoms with Gasteiger partial charge in [-0.3, -0.25) is 9.59 Å². The topological polar surface area (TPSA) is 49.4 Å². The standard InChI is InChI=1S/C20H21BrN2O2/c1-3-23(4-2)20(25)18(14-15-8-6-5-7-9-15)22-19(24)16-10-12-17(21)13-11-16/h5-14H,3-4H2,1-2H3,(H,22,24)/b18-14+. The number of carbonyl (C=O) groups is 2. The summed E-state index contributed by atoms with van der Waals surface area (Å²) in [5.41, 5.74) is 1.62. The summed E-state index contributed by atoms with van der Waals surface area (Å²) in [5, 5.41) is 2.77. The first-order chi connectivity index (χ1) is 12.0. The van der Waals surface area contributed by atoms with Crippen molar-refractivity contribution >= 4 is 33.8 Å². The smallest absolute Gasteiger partial charge is 0.270 e. The van der Waals surface area contributed by atoms with Gasteiger partial charge in [-0.2, -0.15) is 0 Å². The molecule has 0 aliphatic carbocycles. The summed E-state index contributed by atoms with van der Waals surface area (Å²) in [4.78, 5) is 27.0. The highest BCUT2D eigenvalue weighted by atomic mass is 79.9. The van der Waals surface area contributed by atoms with Gasteiger partial charge in [-0.1, -0.05) is 46.3 Å². The summed E-state index contributed by atoms with van der Waals surface area (Å²) in [5.74, 6) is -0.505. The van der Waals surface area contributed by atoms with Gasteiger partial charge in [0.15, 0.2) is 0 Å². The number of nitrogens with zero attached hydrogens (tertiary/aromatic N) is 1. The molecule has 2 aromatic rings. The third kappa shape index (κ3) is 5.29. The maximum atomic E-state index is 12.8. The molecule has 0 unspecified atom stereocenters. The largest absolute Gasteiger partial charge is 0.338 e. The minimum absolute atomic E-state index is 0.195. The minimum atomic E-state index is -0.310. The van der Waals surface area contributed by atoms with Crippen molar-refractivity contribution in [2.75, 3.05) is 13.1 Å². The lowest BCUT2D eigenvalue weighted by molar-refractivity contribution is -0.127. The molecule has 25 heavy (non-hydrogen) atoms. The zero-order chi connectivity index (χ0) is 18.2. The molecule has 2 rings (SSSR count). The van der Waals surface area contributed by atoms with Crippen LogP contribution in [-0.2, 0) is 4.79 Å². The second-order valence-electron chi connectivity index (χ2n) is 5.41. The van der Waals surface area contributed by atoms with Gasteiger partial charge in [0.1, 0.15) is 5.70 Å². The van der Waals surface area contributed by atoms with Crippen molar-refractivity contribution in [2.24, 2.45) is 0 Å². The van der Waals surface area contributed by atoms with Crippen LogP contribution >= 0.6 is 15.9 Å². The molecular weight excluding hydrogens is 380 g/mol. The first kappa shape index (κ1) is 18.9. The molecule has 0 radical (unpaired) electrons. The van der Waals surface area contributed by atoms with Gasteiger partial charge in [0, 0.05) is 23.1 Å². The van der Waals surface area contributed by atoms with Gasteiger partial charge in [0.05, 0.1) is 0 Å². The van der Waals surface area contributed by atoms with Crippen molar-refractivity contribution < 1.29 is 9.59 Å². The van der Waals surface area contributed by atoms with E-state index in [1.165, 1.54) is 0 Å². The Bertz CT molecular complexity index is 751. The molecular formula is C20H21BrN2O2. The highest BCUT2D eigenvalue weighted by molar-refractivity contribution is 9.10. The van der Waals surface area contributed by atoms with Crippen molar-refractivity contribution in [2.45, 2.75) is 13.8 Å². The first-order valence-electron chi connectivity index (χ1n) is 8.18. The normalized spacial score (nSPS) is 11.1. The molecule has 0 heterocycles. The van der Waals surface area contributed by atoms with E-state index in [0.29, 0.717) is 18.7 Å². The van der Waals surface area contributed by atoms with Crippen LogP contribution in [0.3, 0.4) is 0 Å². The fraction of sp³-hybridized carbons (Fsp3) is 0.200. The zero-order valence-electron chi connectivity index (χ0n) is 14.3. The van der Waals surface area contributed by atoms with Crippen LogP contribution in [0.1, 0.15) is 29.8 Å². The Labute approximate surface area is 156 Å². The number of benzene rings is 2. The second-order valence-corrected chi connectivity index (χ2v) is 6.32. The number of likely N-dealkylation sites (N-methyl/N-ethyl adjacent to an activating group) is 1. The monoisotopic (exact) mass is 400 g/mol. The number of nitrogens with one attached hydrogen (secondary N) is 1. The maximum Gasteiger partial charge on any atom is 0.270 e. The third-order valence-electron chi connectivity index (χ3n) is 3.75. The second kappa shape index (κ2) is 9.18. The van der Waals surface area contributed by atoms with Crippen LogP contribution in [0.2, 0.25) is 0 Å². The number of hydrogen-bond acceptors (Lipinski definition) is 2. The molecule has 5 heteroatoms. The number of carbonyl (C=O) groups excluding carboxylic acids is 2. The van der Waals surface area contributed by atoms with Crippen LogP contribution < -0.4 is 5.32 Å². The highest BCUT2D eigenvalue weighted by Gasteiger charge is 2.18. The number of amides is 2. The molecule has 0 fully saturated rings. The summed E-state index contributed by atoms with van der Waals surface area (Å²) in [6, 6.07) is 16.5. The van der Waals surface area contributed by atoms with Gasteiger partial charge in [0.2, 0.25) is 0 Å². The minimum Gasteiger partial charge on any atom is -0.338 e. The molecule has 2 amide bonds. The van der Waals surface area contributed by atoms with Crippen LogP contribution in [0.4, 0.5) is 0 Å². The van der Waals surface area contributed by atoms with Crippen LogP contribution in [0.15, 0.2) is 64.8 Å². The van der Waals surface area contributed by atoms with Gasteiger partial charge in [-0.05, 0) is 49.8 Å². The lowest BCUT2D eigenvalue weighted by Crippen LogP contribution is -2.38. The molecule has 0 atom stereocenters. The Morgan fingerprint density at radius 3 is 2.16 bits per heavy atom. The summed E-state index contributed by atoms with van der Waals surface area (Å²) in [6.07, 6.45) is 1.71. The number of halogens is 1. The highest BCUT2D eigenvalue weighted by Crippen LogP contribution is 2.12. The van der Waals surface area contributed by atoms with Crippen LogP contribution in [0.5, 0.6) is 0 Å². The lowest BCUT2D eigenvalue weighted by atomic mass is 10.1. The summed E-state index contributed by atoms with van der Waals surface area (Å²) in [7, 11) is 0.